The van der Waals surface area contributed by atoms with Crippen molar-refractivity contribution in [3.05, 3.63) is 46.7 Å². The van der Waals surface area contributed by atoms with Gasteiger partial charge >= 0.3 is 0 Å². The van der Waals surface area contributed by atoms with Crippen molar-refractivity contribution in [3.8, 4) is 0 Å². The fraction of sp³-hybridized carbons (Fsp3) is 0.267. The van der Waals surface area contributed by atoms with Crippen LogP contribution < -0.4 is 10.6 Å². The van der Waals surface area contributed by atoms with Crippen LogP contribution in [-0.2, 0) is 0 Å². The molecule has 1 aliphatic carbocycles. The van der Waals surface area contributed by atoms with E-state index in [0.29, 0.717) is 22.7 Å². The third kappa shape index (κ3) is 3.49. The number of nitrogens with one attached hydrogen (secondary N) is 2. The Hall–Kier alpha value is -2.14. The van der Waals surface area contributed by atoms with Crippen LogP contribution >= 0.6 is 11.6 Å². The molecule has 1 aliphatic rings. The lowest BCUT2D eigenvalue weighted by Gasteiger charge is -2.09. The number of halogens is 1. The number of anilines is 2. The highest BCUT2D eigenvalue weighted by Gasteiger charge is 2.22. The van der Waals surface area contributed by atoms with Gasteiger partial charge in [-0.15, -0.1) is 0 Å². The van der Waals surface area contributed by atoms with Crippen molar-refractivity contribution in [1.82, 2.24) is 9.97 Å². The van der Waals surface area contributed by atoms with Gasteiger partial charge in [-0.05, 0) is 49.6 Å². The minimum atomic E-state index is -0.262. The maximum absolute atomic E-state index is 12.2. The summed E-state index contributed by atoms with van der Waals surface area (Å²) in [7, 11) is 0. The third-order valence-corrected chi connectivity index (χ3v) is 3.47. The molecule has 0 unspecified atom stereocenters. The molecule has 108 valence electrons. The molecule has 2 aromatic rings. The summed E-state index contributed by atoms with van der Waals surface area (Å²) >= 11 is 5.90. The van der Waals surface area contributed by atoms with E-state index in [1.54, 1.807) is 30.5 Å². The van der Waals surface area contributed by atoms with Crippen LogP contribution in [0.25, 0.3) is 0 Å². The maximum Gasteiger partial charge on any atom is 0.274 e. The highest BCUT2D eigenvalue weighted by Crippen LogP contribution is 2.23. The molecule has 1 fully saturated rings. The van der Waals surface area contributed by atoms with Crippen molar-refractivity contribution in [2.75, 3.05) is 10.6 Å². The molecule has 1 aromatic heterocycles. The Bertz CT molecular complexity index is 685. The van der Waals surface area contributed by atoms with E-state index in [1.165, 1.54) is 0 Å². The van der Waals surface area contributed by atoms with E-state index in [2.05, 4.69) is 20.6 Å². The lowest BCUT2D eigenvalue weighted by atomic mass is 10.2. The summed E-state index contributed by atoms with van der Waals surface area (Å²) in [4.78, 5) is 20.6. The van der Waals surface area contributed by atoms with E-state index in [0.717, 1.165) is 24.1 Å². The number of amides is 1. The number of nitrogens with zero attached hydrogens (tertiary/aromatic N) is 2. The second kappa shape index (κ2) is 5.69. The monoisotopic (exact) mass is 302 g/mol. The molecule has 0 radical (unpaired) electrons. The summed E-state index contributed by atoms with van der Waals surface area (Å²) in [6.45, 7) is 1.89. The molecule has 0 bridgehead atoms. The first-order valence-corrected chi connectivity index (χ1v) is 7.17. The number of carbonyl (C=O) groups is 1. The smallest absolute Gasteiger partial charge is 0.274 e. The van der Waals surface area contributed by atoms with Crippen molar-refractivity contribution >= 4 is 29.1 Å². The van der Waals surface area contributed by atoms with Crippen molar-refractivity contribution < 1.29 is 4.79 Å². The number of benzene rings is 1. The van der Waals surface area contributed by atoms with Gasteiger partial charge in [-0.2, -0.15) is 0 Å². The van der Waals surface area contributed by atoms with Gasteiger partial charge in [-0.25, -0.2) is 9.97 Å². The van der Waals surface area contributed by atoms with Crippen LogP contribution in [0.4, 0.5) is 11.6 Å². The fourth-order valence-corrected chi connectivity index (χ4v) is 2.15. The molecule has 6 heteroatoms. The largest absolute Gasteiger partial charge is 0.351 e. The van der Waals surface area contributed by atoms with Gasteiger partial charge < -0.3 is 10.6 Å². The van der Waals surface area contributed by atoms with Gasteiger partial charge in [0.05, 0.1) is 0 Å². The Morgan fingerprint density at radius 1 is 1.33 bits per heavy atom. The number of rotatable bonds is 4. The zero-order valence-electron chi connectivity index (χ0n) is 11.6. The molecule has 21 heavy (non-hydrogen) atoms. The summed E-state index contributed by atoms with van der Waals surface area (Å²) in [6.07, 6.45) is 3.84. The van der Waals surface area contributed by atoms with Gasteiger partial charge in [0.2, 0.25) is 5.95 Å². The zero-order chi connectivity index (χ0) is 14.8. The summed E-state index contributed by atoms with van der Waals surface area (Å²) in [5, 5.41) is 6.65. The summed E-state index contributed by atoms with van der Waals surface area (Å²) in [5.74, 6) is 0.236. The third-order valence-electron chi connectivity index (χ3n) is 3.24. The normalized spacial score (nSPS) is 13.8. The minimum absolute atomic E-state index is 0.262. The number of aryl methyl sites for hydroxylation is 1. The molecule has 0 saturated heterocycles. The van der Waals surface area contributed by atoms with Gasteiger partial charge in [-0.3, -0.25) is 4.79 Å². The van der Waals surface area contributed by atoms with Crippen LogP contribution in [0.3, 0.4) is 0 Å². The molecule has 1 aromatic carbocycles. The molecule has 1 heterocycles. The van der Waals surface area contributed by atoms with Gasteiger partial charge in [0.25, 0.3) is 5.91 Å². The van der Waals surface area contributed by atoms with E-state index in [4.69, 9.17) is 11.6 Å². The Morgan fingerprint density at radius 3 is 2.86 bits per heavy atom. The van der Waals surface area contributed by atoms with Crippen molar-refractivity contribution in [1.29, 1.82) is 0 Å². The standard InChI is InChI=1S/C15H15ClN4O/c1-9-8-10(16)2-5-12(9)19-14(21)13-6-7-17-15(20-13)18-11-3-4-11/h2,5-8,11H,3-4H2,1H3,(H,19,21)(H,17,18,20). The lowest BCUT2D eigenvalue weighted by Crippen LogP contribution is -2.16. The SMILES string of the molecule is Cc1cc(Cl)ccc1NC(=O)c1ccnc(NC2CC2)n1. The highest BCUT2D eigenvalue weighted by molar-refractivity contribution is 6.30. The predicted octanol–water partition coefficient (Wildman–Crippen LogP) is 3.27. The maximum atomic E-state index is 12.2. The Morgan fingerprint density at radius 2 is 2.14 bits per heavy atom. The zero-order valence-corrected chi connectivity index (χ0v) is 12.3. The highest BCUT2D eigenvalue weighted by atomic mass is 35.5. The Labute approximate surface area is 127 Å². The first kappa shape index (κ1) is 13.8. The van der Waals surface area contributed by atoms with E-state index >= 15 is 0 Å². The van der Waals surface area contributed by atoms with Crippen LogP contribution in [-0.4, -0.2) is 21.9 Å². The average Bonchev–Trinajstić information content (AvgIpc) is 3.26. The van der Waals surface area contributed by atoms with Gasteiger partial charge in [-0.1, -0.05) is 11.6 Å². The molecule has 5 nitrogen and oxygen atoms in total. The molecule has 1 saturated carbocycles. The lowest BCUT2D eigenvalue weighted by molar-refractivity contribution is 0.102. The number of hydrogen-bond acceptors (Lipinski definition) is 4. The quantitative estimate of drug-likeness (QED) is 0.909. The first-order valence-electron chi connectivity index (χ1n) is 6.79. The van der Waals surface area contributed by atoms with Crippen LogP contribution in [0.5, 0.6) is 0 Å². The fourth-order valence-electron chi connectivity index (χ4n) is 1.92. The molecule has 1 amide bonds. The van der Waals surface area contributed by atoms with Crippen molar-refractivity contribution in [2.24, 2.45) is 0 Å². The molecular weight excluding hydrogens is 288 g/mol. The predicted molar refractivity (Wildman–Crippen MR) is 82.8 cm³/mol. The van der Waals surface area contributed by atoms with Crippen LogP contribution in [0.2, 0.25) is 5.02 Å². The Balaban J connectivity index is 1.75. The summed E-state index contributed by atoms with van der Waals surface area (Å²) in [5.41, 5.74) is 1.96. The van der Waals surface area contributed by atoms with E-state index in [1.807, 2.05) is 6.92 Å². The van der Waals surface area contributed by atoms with Crippen molar-refractivity contribution in [3.63, 3.8) is 0 Å². The number of hydrogen-bond donors (Lipinski definition) is 2. The molecule has 2 N–H and O–H groups in total. The molecule has 0 atom stereocenters. The second-order valence-corrected chi connectivity index (χ2v) is 5.53. The van der Waals surface area contributed by atoms with Crippen LogP contribution in [0.1, 0.15) is 28.9 Å². The average molecular weight is 303 g/mol. The van der Waals surface area contributed by atoms with E-state index in [9.17, 15) is 4.79 Å². The summed E-state index contributed by atoms with van der Waals surface area (Å²) < 4.78 is 0. The van der Waals surface area contributed by atoms with Crippen LogP contribution in [0.15, 0.2) is 30.5 Å². The minimum Gasteiger partial charge on any atom is -0.351 e. The van der Waals surface area contributed by atoms with E-state index in [-0.39, 0.29) is 5.91 Å². The first-order chi connectivity index (χ1) is 10.1. The molecular formula is C15H15ClN4O. The molecule has 0 aliphatic heterocycles. The van der Waals surface area contributed by atoms with Crippen molar-refractivity contribution in [2.45, 2.75) is 25.8 Å². The number of aromatic nitrogens is 2. The molecule has 0 spiro atoms. The molecule has 3 rings (SSSR count). The van der Waals surface area contributed by atoms with Gasteiger partial charge in [0.1, 0.15) is 5.69 Å². The second-order valence-electron chi connectivity index (χ2n) is 5.10. The summed E-state index contributed by atoms with van der Waals surface area (Å²) in [6, 6.07) is 7.36. The Kier molecular flexibility index (Phi) is 3.75. The van der Waals surface area contributed by atoms with Gasteiger partial charge in [0.15, 0.2) is 0 Å². The van der Waals surface area contributed by atoms with Gasteiger partial charge in [0, 0.05) is 22.9 Å². The van der Waals surface area contributed by atoms with Crippen LogP contribution in [0, 0.1) is 6.92 Å². The van der Waals surface area contributed by atoms with E-state index < -0.39 is 0 Å². The topological polar surface area (TPSA) is 66.9 Å². The number of carbonyl (C=O) groups excluding carboxylic acids is 1.